The fourth-order valence-electron chi connectivity index (χ4n) is 3.27. The van der Waals surface area contributed by atoms with Crippen molar-refractivity contribution in [1.82, 2.24) is 14.2 Å². The maximum Gasteiger partial charge on any atom is 0.256 e. The molecular weight excluding hydrogens is 366 g/mol. The first-order chi connectivity index (χ1) is 12.8. The van der Waals surface area contributed by atoms with Crippen molar-refractivity contribution < 1.29 is 13.2 Å². The molecule has 0 spiro atoms. The molecule has 1 aliphatic rings. The van der Waals surface area contributed by atoms with E-state index in [0.717, 1.165) is 19.3 Å². The highest BCUT2D eigenvalue weighted by Crippen LogP contribution is 2.23. The second-order valence-electron chi connectivity index (χ2n) is 7.06. The van der Waals surface area contributed by atoms with Gasteiger partial charge in [0.25, 0.3) is 5.91 Å². The van der Waals surface area contributed by atoms with Gasteiger partial charge < -0.3 is 9.88 Å². The van der Waals surface area contributed by atoms with Gasteiger partial charge in [0.1, 0.15) is 5.56 Å². The molecule has 1 fully saturated rings. The van der Waals surface area contributed by atoms with Gasteiger partial charge in [0.05, 0.1) is 10.4 Å². The molecule has 0 radical (unpaired) electrons. The van der Waals surface area contributed by atoms with Crippen molar-refractivity contribution in [3.8, 4) is 0 Å². The summed E-state index contributed by atoms with van der Waals surface area (Å²) < 4.78 is 28.7. The van der Waals surface area contributed by atoms with E-state index >= 15 is 0 Å². The number of benzene rings is 1. The number of carbonyl (C=O) groups is 1. The van der Waals surface area contributed by atoms with Gasteiger partial charge in [0.15, 0.2) is 0 Å². The van der Waals surface area contributed by atoms with E-state index in [-0.39, 0.29) is 21.9 Å². The molecule has 2 heterocycles. The van der Waals surface area contributed by atoms with Crippen LogP contribution in [0.4, 0.5) is 0 Å². The van der Waals surface area contributed by atoms with Gasteiger partial charge in [-0.1, -0.05) is 6.92 Å². The Morgan fingerprint density at radius 1 is 1.26 bits per heavy atom. The minimum atomic E-state index is -3.63. The van der Waals surface area contributed by atoms with Gasteiger partial charge in [0, 0.05) is 37.8 Å². The summed E-state index contributed by atoms with van der Waals surface area (Å²) in [5.41, 5.74) is 0.142. The van der Waals surface area contributed by atoms with Gasteiger partial charge in [0.2, 0.25) is 15.5 Å². The lowest BCUT2D eigenvalue weighted by Crippen LogP contribution is -2.35. The molecule has 3 rings (SSSR count). The predicted octanol–water partition coefficient (Wildman–Crippen LogP) is 1.85. The fraction of sp³-hybridized carbons (Fsp3) is 0.474. The van der Waals surface area contributed by atoms with E-state index in [2.05, 4.69) is 5.32 Å². The number of nitrogens with one attached hydrogen (secondary N) is 1. The molecule has 7 nitrogen and oxygen atoms in total. The molecule has 0 aliphatic carbocycles. The van der Waals surface area contributed by atoms with E-state index in [4.69, 9.17) is 0 Å². The van der Waals surface area contributed by atoms with Crippen molar-refractivity contribution in [2.45, 2.75) is 44.0 Å². The molecule has 1 saturated heterocycles. The predicted molar refractivity (Wildman–Crippen MR) is 104 cm³/mol. The van der Waals surface area contributed by atoms with Crippen LogP contribution in [0.1, 0.15) is 43.5 Å². The molecular formula is C19H25N3O4S. The lowest BCUT2D eigenvalue weighted by atomic mass is 10.1. The summed E-state index contributed by atoms with van der Waals surface area (Å²) in [5, 5.41) is 3.02. The number of nitrogens with zero attached hydrogens (tertiary/aromatic N) is 2. The summed E-state index contributed by atoms with van der Waals surface area (Å²) >= 11 is 0. The Morgan fingerprint density at radius 3 is 2.56 bits per heavy atom. The van der Waals surface area contributed by atoms with E-state index in [9.17, 15) is 18.0 Å². The van der Waals surface area contributed by atoms with E-state index in [1.807, 2.05) is 13.8 Å². The quantitative estimate of drug-likeness (QED) is 0.842. The highest BCUT2D eigenvalue weighted by atomic mass is 32.2. The topological polar surface area (TPSA) is 88.5 Å². The smallest absolute Gasteiger partial charge is 0.256 e. The number of aromatic nitrogens is 1. The van der Waals surface area contributed by atoms with Gasteiger partial charge >= 0.3 is 0 Å². The molecule has 2 aromatic rings. The lowest BCUT2D eigenvalue weighted by molar-refractivity contribution is 0.0937. The number of fused-ring (bicyclic) bond motifs is 1. The molecule has 1 aromatic carbocycles. The summed E-state index contributed by atoms with van der Waals surface area (Å²) in [6.07, 6.45) is 3.93. The first kappa shape index (κ1) is 19.6. The number of sulfonamides is 1. The second kappa shape index (κ2) is 7.44. The summed E-state index contributed by atoms with van der Waals surface area (Å²) in [6.45, 7) is 4.80. The summed E-state index contributed by atoms with van der Waals surface area (Å²) in [6, 6.07) is 4.48. The van der Waals surface area contributed by atoms with Crippen LogP contribution in [-0.4, -0.2) is 42.3 Å². The summed E-state index contributed by atoms with van der Waals surface area (Å²) in [5.74, 6) is -0.445. The maximum atomic E-state index is 12.9. The number of pyridine rings is 1. The minimum Gasteiger partial charge on any atom is -0.350 e. The molecule has 1 N–H and O–H groups in total. The number of amides is 1. The van der Waals surface area contributed by atoms with Crippen LogP contribution in [-0.2, 0) is 17.1 Å². The number of carbonyl (C=O) groups excluding carboxylic acids is 1. The van der Waals surface area contributed by atoms with Crippen molar-refractivity contribution in [2.24, 2.45) is 7.05 Å². The largest absolute Gasteiger partial charge is 0.350 e. The van der Waals surface area contributed by atoms with Crippen molar-refractivity contribution in [2.75, 3.05) is 13.1 Å². The molecule has 1 aromatic heterocycles. The third-order valence-electron chi connectivity index (χ3n) is 5.10. The minimum absolute atomic E-state index is 0.0148. The Bertz CT molecular complexity index is 1040. The number of aryl methyl sites for hydroxylation is 1. The SMILES string of the molecule is CC[C@@H](C)NC(=O)c1cn(C)c2ccc(S(=O)(=O)N3CCCC3)cc2c1=O. The van der Waals surface area contributed by atoms with Gasteiger partial charge in [-0.2, -0.15) is 4.31 Å². The second-order valence-corrected chi connectivity index (χ2v) is 8.99. The standard InChI is InChI=1S/C19H25N3O4S/c1-4-13(2)20-19(24)16-12-21(3)17-8-7-14(11-15(17)18(16)23)27(25,26)22-9-5-6-10-22/h7-8,11-13H,4-6,9-10H2,1-3H3,(H,20,24)/t13-/m1/s1. The molecule has 1 atom stereocenters. The van der Waals surface area contributed by atoms with Crippen molar-refractivity contribution in [1.29, 1.82) is 0 Å². The zero-order valence-corrected chi connectivity index (χ0v) is 16.7. The molecule has 146 valence electrons. The highest BCUT2D eigenvalue weighted by molar-refractivity contribution is 7.89. The van der Waals surface area contributed by atoms with Crippen LogP contribution in [0.3, 0.4) is 0 Å². The Hall–Kier alpha value is -2.19. The third-order valence-corrected chi connectivity index (χ3v) is 6.99. The zero-order valence-electron chi connectivity index (χ0n) is 15.9. The van der Waals surface area contributed by atoms with Crippen LogP contribution in [0, 0.1) is 0 Å². The van der Waals surface area contributed by atoms with Crippen LogP contribution in [0.2, 0.25) is 0 Å². The molecule has 0 bridgehead atoms. The number of hydrogen-bond donors (Lipinski definition) is 1. The Morgan fingerprint density at radius 2 is 1.93 bits per heavy atom. The van der Waals surface area contributed by atoms with Crippen LogP contribution in [0.15, 0.2) is 34.1 Å². The molecule has 0 saturated carbocycles. The number of rotatable bonds is 5. The van der Waals surface area contributed by atoms with Gasteiger partial charge in [-0.3, -0.25) is 9.59 Å². The first-order valence-corrected chi connectivity index (χ1v) is 10.6. The maximum absolute atomic E-state index is 12.9. The Labute approximate surface area is 159 Å². The van der Waals surface area contributed by atoms with Crippen molar-refractivity contribution in [3.63, 3.8) is 0 Å². The van der Waals surface area contributed by atoms with E-state index in [1.54, 1.807) is 17.7 Å². The fourth-order valence-corrected chi connectivity index (χ4v) is 4.82. The summed E-state index contributed by atoms with van der Waals surface area (Å²) in [7, 11) is -1.90. The van der Waals surface area contributed by atoms with Crippen molar-refractivity contribution >= 4 is 26.8 Å². The lowest BCUT2D eigenvalue weighted by Gasteiger charge is -2.17. The molecule has 0 unspecified atom stereocenters. The van der Waals surface area contributed by atoms with Crippen LogP contribution in [0.25, 0.3) is 10.9 Å². The van der Waals surface area contributed by atoms with Gasteiger partial charge in [-0.05, 0) is 44.4 Å². The summed E-state index contributed by atoms with van der Waals surface area (Å²) in [4.78, 5) is 25.5. The molecule has 27 heavy (non-hydrogen) atoms. The Balaban J connectivity index is 2.11. The van der Waals surface area contributed by atoms with Gasteiger partial charge in [-0.25, -0.2) is 8.42 Å². The highest BCUT2D eigenvalue weighted by Gasteiger charge is 2.28. The molecule has 1 amide bonds. The van der Waals surface area contributed by atoms with E-state index < -0.39 is 21.4 Å². The Kier molecular flexibility index (Phi) is 5.39. The molecule has 8 heteroatoms. The van der Waals surface area contributed by atoms with E-state index in [0.29, 0.717) is 18.6 Å². The van der Waals surface area contributed by atoms with Gasteiger partial charge in [-0.15, -0.1) is 0 Å². The monoisotopic (exact) mass is 391 g/mol. The average Bonchev–Trinajstić information content (AvgIpc) is 3.19. The average molecular weight is 391 g/mol. The van der Waals surface area contributed by atoms with Crippen LogP contribution in [0.5, 0.6) is 0 Å². The van der Waals surface area contributed by atoms with E-state index in [1.165, 1.54) is 22.6 Å². The normalized spacial score (nSPS) is 16.6. The zero-order chi connectivity index (χ0) is 19.8. The molecule has 1 aliphatic heterocycles. The van der Waals surface area contributed by atoms with Crippen LogP contribution < -0.4 is 10.7 Å². The van der Waals surface area contributed by atoms with Crippen LogP contribution >= 0.6 is 0 Å². The first-order valence-electron chi connectivity index (χ1n) is 9.20. The number of hydrogen-bond acceptors (Lipinski definition) is 4. The van der Waals surface area contributed by atoms with Crippen molar-refractivity contribution in [3.05, 3.63) is 40.2 Å². The third kappa shape index (κ3) is 3.64.